The zero-order chi connectivity index (χ0) is 21.1. The van der Waals surface area contributed by atoms with Crippen molar-refractivity contribution in [3.63, 3.8) is 0 Å². The Kier molecular flexibility index (Phi) is 8.85. The van der Waals surface area contributed by atoms with Crippen LogP contribution in [-0.2, 0) is 37.1 Å². The third-order valence-corrected chi connectivity index (χ3v) is 4.12. The zero-order valence-corrected chi connectivity index (χ0v) is 16.4. The van der Waals surface area contributed by atoms with Gasteiger partial charge in [0.15, 0.2) is 0 Å². The summed E-state index contributed by atoms with van der Waals surface area (Å²) in [5, 5.41) is 2.54. The molecule has 0 aromatic heterocycles. The Bertz CT molecular complexity index is 793. The summed E-state index contributed by atoms with van der Waals surface area (Å²) < 4.78 is 10.5. The molecule has 2 rings (SSSR count). The van der Waals surface area contributed by atoms with Crippen LogP contribution in [0.4, 0.5) is 0 Å². The van der Waals surface area contributed by atoms with Crippen molar-refractivity contribution in [3.05, 3.63) is 71.8 Å². The second-order valence-corrected chi connectivity index (χ2v) is 6.63. The van der Waals surface area contributed by atoms with E-state index < -0.39 is 29.9 Å². The number of nitrogens with two attached hydrogens (primary N) is 1. The van der Waals surface area contributed by atoms with E-state index in [-0.39, 0.29) is 26.1 Å². The van der Waals surface area contributed by atoms with Crippen molar-refractivity contribution in [2.75, 3.05) is 0 Å². The van der Waals surface area contributed by atoms with Crippen LogP contribution in [0.3, 0.4) is 0 Å². The van der Waals surface area contributed by atoms with Gasteiger partial charge in [-0.15, -0.1) is 0 Å². The van der Waals surface area contributed by atoms with Gasteiger partial charge in [0.2, 0.25) is 5.91 Å². The van der Waals surface area contributed by atoms with Gasteiger partial charge < -0.3 is 20.5 Å². The van der Waals surface area contributed by atoms with E-state index in [0.717, 1.165) is 11.1 Å². The first-order valence-corrected chi connectivity index (χ1v) is 9.41. The van der Waals surface area contributed by atoms with Gasteiger partial charge in [0.1, 0.15) is 19.3 Å². The number of nitrogens with one attached hydrogen (secondary N) is 1. The van der Waals surface area contributed by atoms with Crippen molar-refractivity contribution in [1.82, 2.24) is 5.32 Å². The molecule has 1 amide bonds. The van der Waals surface area contributed by atoms with Crippen molar-refractivity contribution in [2.24, 2.45) is 5.73 Å². The molecule has 3 N–H and O–H groups in total. The monoisotopic (exact) mass is 398 g/mol. The van der Waals surface area contributed by atoms with Gasteiger partial charge >= 0.3 is 11.9 Å². The maximum Gasteiger partial charge on any atom is 0.328 e. The minimum Gasteiger partial charge on any atom is -0.461 e. The molecule has 0 aliphatic heterocycles. The van der Waals surface area contributed by atoms with E-state index in [1.54, 1.807) is 0 Å². The molecule has 0 aliphatic carbocycles. The summed E-state index contributed by atoms with van der Waals surface area (Å²) in [6.45, 7) is 1.73. The second kappa shape index (κ2) is 11.6. The van der Waals surface area contributed by atoms with Gasteiger partial charge in [-0.2, -0.15) is 0 Å². The van der Waals surface area contributed by atoms with Crippen LogP contribution >= 0.6 is 0 Å². The topological polar surface area (TPSA) is 108 Å². The Morgan fingerprint density at radius 1 is 0.897 bits per heavy atom. The number of amides is 1. The van der Waals surface area contributed by atoms with Gasteiger partial charge in [0.25, 0.3) is 0 Å². The molecule has 0 bridgehead atoms. The molecule has 29 heavy (non-hydrogen) atoms. The van der Waals surface area contributed by atoms with Crippen LogP contribution < -0.4 is 11.1 Å². The van der Waals surface area contributed by atoms with Crippen LogP contribution in [0.2, 0.25) is 0 Å². The summed E-state index contributed by atoms with van der Waals surface area (Å²) in [6, 6.07) is 16.7. The lowest BCUT2D eigenvalue weighted by Gasteiger charge is -2.18. The highest BCUT2D eigenvalue weighted by atomic mass is 16.5. The normalized spacial score (nSPS) is 12.5. The highest BCUT2D eigenvalue weighted by Gasteiger charge is 2.25. The van der Waals surface area contributed by atoms with Gasteiger partial charge in [-0.3, -0.25) is 9.59 Å². The summed E-state index contributed by atoms with van der Waals surface area (Å²) in [4.78, 5) is 36.4. The third kappa shape index (κ3) is 8.15. The first kappa shape index (κ1) is 22.1. The average Bonchev–Trinajstić information content (AvgIpc) is 2.74. The maximum atomic E-state index is 12.4. The molecule has 0 aliphatic rings. The summed E-state index contributed by atoms with van der Waals surface area (Å²) >= 11 is 0. The van der Waals surface area contributed by atoms with Crippen LogP contribution in [0.1, 0.15) is 30.9 Å². The lowest BCUT2D eigenvalue weighted by atomic mass is 10.1. The van der Waals surface area contributed by atoms with Gasteiger partial charge in [0.05, 0.1) is 6.04 Å². The summed E-state index contributed by atoms with van der Waals surface area (Å²) in [5.41, 5.74) is 7.25. The van der Waals surface area contributed by atoms with E-state index in [0.29, 0.717) is 0 Å². The molecule has 2 aromatic rings. The molecule has 0 fully saturated rings. The molecular formula is C22H26N2O5. The number of carbonyl (C=O) groups is 3. The summed E-state index contributed by atoms with van der Waals surface area (Å²) in [6.07, 6.45) is 0.0108. The minimum atomic E-state index is -0.985. The lowest BCUT2D eigenvalue weighted by Crippen LogP contribution is -2.48. The molecule has 0 radical (unpaired) electrons. The minimum absolute atomic E-state index is 0.0445. The van der Waals surface area contributed by atoms with Crippen LogP contribution in [0.25, 0.3) is 0 Å². The van der Waals surface area contributed by atoms with E-state index in [1.165, 1.54) is 6.92 Å². The first-order valence-electron chi connectivity index (χ1n) is 9.41. The maximum absolute atomic E-state index is 12.4. The van der Waals surface area contributed by atoms with Crippen molar-refractivity contribution < 1.29 is 23.9 Å². The Morgan fingerprint density at radius 2 is 1.41 bits per heavy atom. The van der Waals surface area contributed by atoms with Crippen molar-refractivity contribution in [2.45, 2.75) is 45.1 Å². The van der Waals surface area contributed by atoms with Crippen molar-refractivity contribution in [1.29, 1.82) is 0 Å². The average molecular weight is 398 g/mol. The number of hydrogen-bond acceptors (Lipinski definition) is 6. The highest BCUT2D eigenvalue weighted by Crippen LogP contribution is 2.08. The lowest BCUT2D eigenvalue weighted by molar-refractivity contribution is -0.150. The van der Waals surface area contributed by atoms with Gasteiger partial charge in [-0.1, -0.05) is 60.7 Å². The molecule has 2 unspecified atom stereocenters. The van der Waals surface area contributed by atoms with E-state index in [1.807, 2.05) is 60.7 Å². The second-order valence-electron chi connectivity index (χ2n) is 6.63. The van der Waals surface area contributed by atoms with Gasteiger partial charge in [-0.05, 0) is 24.5 Å². The largest absolute Gasteiger partial charge is 0.461 e. The van der Waals surface area contributed by atoms with Gasteiger partial charge in [-0.25, -0.2) is 4.79 Å². The fraction of sp³-hybridized carbons (Fsp3) is 0.318. The van der Waals surface area contributed by atoms with Crippen LogP contribution in [-0.4, -0.2) is 29.9 Å². The van der Waals surface area contributed by atoms with E-state index in [4.69, 9.17) is 15.2 Å². The van der Waals surface area contributed by atoms with Crippen LogP contribution in [0.5, 0.6) is 0 Å². The standard InChI is InChI=1S/C22H26N2O5/c1-16(23)21(26)24-19(22(27)29-15-18-10-6-3-7-11-18)12-13-20(25)28-14-17-8-4-2-5-9-17/h2-11,16,19H,12-15,23H2,1H3,(H,24,26). The Morgan fingerprint density at radius 3 is 1.93 bits per heavy atom. The van der Waals surface area contributed by atoms with E-state index in [2.05, 4.69) is 5.32 Å². The summed E-state index contributed by atoms with van der Waals surface area (Å²) in [5.74, 6) is -1.59. The predicted octanol–water partition coefficient (Wildman–Crippen LogP) is 2.09. The number of benzene rings is 2. The fourth-order valence-electron chi connectivity index (χ4n) is 2.45. The molecule has 2 atom stereocenters. The predicted molar refractivity (Wildman–Crippen MR) is 107 cm³/mol. The highest BCUT2D eigenvalue weighted by molar-refractivity contribution is 5.87. The SMILES string of the molecule is CC(N)C(=O)NC(CCC(=O)OCc1ccccc1)C(=O)OCc1ccccc1. The quantitative estimate of drug-likeness (QED) is 0.594. The Labute approximate surface area is 170 Å². The molecule has 2 aromatic carbocycles. The molecule has 0 saturated carbocycles. The Hall–Kier alpha value is -3.19. The van der Waals surface area contributed by atoms with E-state index >= 15 is 0 Å². The molecule has 7 heteroatoms. The van der Waals surface area contributed by atoms with E-state index in [9.17, 15) is 14.4 Å². The van der Waals surface area contributed by atoms with Crippen molar-refractivity contribution >= 4 is 17.8 Å². The Balaban J connectivity index is 1.87. The van der Waals surface area contributed by atoms with Crippen LogP contribution in [0.15, 0.2) is 60.7 Å². The third-order valence-electron chi connectivity index (χ3n) is 4.12. The number of carbonyl (C=O) groups excluding carboxylic acids is 3. The zero-order valence-electron chi connectivity index (χ0n) is 16.4. The molecular weight excluding hydrogens is 372 g/mol. The molecule has 7 nitrogen and oxygen atoms in total. The van der Waals surface area contributed by atoms with Crippen molar-refractivity contribution in [3.8, 4) is 0 Å². The smallest absolute Gasteiger partial charge is 0.328 e. The first-order chi connectivity index (χ1) is 14.0. The molecule has 0 heterocycles. The molecule has 0 spiro atoms. The van der Waals surface area contributed by atoms with Gasteiger partial charge in [0, 0.05) is 6.42 Å². The number of rotatable bonds is 10. The number of esters is 2. The van der Waals surface area contributed by atoms with Crippen LogP contribution in [0, 0.1) is 0 Å². The molecule has 0 saturated heterocycles. The molecule has 154 valence electrons. The summed E-state index contributed by atoms with van der Waals surface area (Å²) in [7, 11) is 0. The number of hydrogen-bond donors (Lipinski definition) is 2. The fourth-order valence-corrected chi connectivity index (χ4v) is 2.45. The number of ether oxygens (including phenoxy) is 2.